The topological polar surface area (TPSA) is 81.2 Å². The first-order valence-electron chi connectivity index (χ1n) is 10.5. The van der Waals surface area contributed by atoms with Gasteiger partial charge in [-0.1, -0.05) is 5.92 Å². The minimum atomic E-state index is -0.502. The average Bonchev–Trinajstić information content (AvgIpc) is 3.28. The molecular formula is C21H27N3O5S. The van der Waals surface area contributed by atoms with E-state index in [-0.39, 0.29) is 24.5 Å². The number of rotatable bonds is 3. The molecule has 4 rings (SSSR count). The average molecular weight is 434 g/mol. The predicted molar refractivity (Wildman–Crippen MR) is 110 cm³/mol. The summed E-state index contributed by atoms with van der Waals surface area (Å²) in [5.41, 5.74) is 0.507. The molecule has 3 aliphatic heterocycles. The SMILES string of the molecule is C#CCOC(=O)N1CCC(c2nc(C(=O)N3CCC4(CC3)OCCCO4)cs2)CC1. The van der Waals surface area contributed by atoms with Crippen LogP contribution in [0.4, 0.5) is 4.79 Å². The summed E-state index contributed by atoms with van der Waals surface area (Å²) < 4.78 is 16.7. The number of amides is 2. The number of carbonyl (C=O) groups is 2. The molecule has 0 unspecified atom stereocenters. The largest absolute Gasteiger partial charge is 0.436 e. The lowest BCUT2D eigenvalue weighted by molar-refractivity contribution is -0.281. The van der Waals surface area contributed by atoms with Gasteiger partial charge in [0.25, 0.3) is 5.91 Å². The zero-order chi connectivity index (χ0) is 21.0. The molecule has 0 aliphatic carbocycles. The third kappa shape index (κ3) is 4.61. The van der Waals surface area contributed by atoms with Crippen LogP contribution in [0, 0.1) is 12.3 Å². The van der Waals surface area contributed by atoms with Crippen molar-refractivity contribution in [2.45, 2.75) is 43.8 Å². The normalized spacial score (nSPS) is 22.0. The molecule has 8 nitrogen and oxygen atoms in total. The number of ether oxygens (including phenoxy) is 3. The van der Waals surface area contributed by atoms with Crippen LogP contribution >= 0.6 is 11.3 Å². The van der Waals surface area contributed by atoms with Crippen molar-refractivity contribution >= 4 is 23.3 Å². The molecule has 1 spiro atoms. The Balaban J connectivity index is 1.29. The van der Waals surface area contributed by atoms with E-state index in [0.717, 1.165) is 37.5 Å². The highest BCUT2D eigenvalue weighted by atomic mass is 32.1. The number of thiazole rings is 1. The number of carbonyl (C=O) groups excluding carboxylic acids is 2. The molecule has 3 aliphatic rings. The summed E-state index contributed by atoms with van der Waals surface area (Å²) in [4.78, 5) is 33.0. The second kappa shape index (κ2) is 9.33. The smallest absolute Gasteiger partial charge is 0.410 e. The number of terminal acetylenes is 1. The van der Waals surface area contributed by atoms with Crippen molar-refractivity contribution in [1.29, 1.82) is 0 Å². The van der Waals surface area contributed by atoms with Gasteiger partial charge in [0.15, 0.2) is 12.4 Å². The minimum Gasteiger partial charge on any atom is -0.436 e. The predicted octanol–water partition coefficient (Wildman–Crippen LogP) is 2.46. The van der Waals surface area contributed by atoms with E-state index in [1.165, 1.54) is 11.3 Å². The van der Waals surface area contributed by atoms with Gasteiger partial charge in [0.05, 0.1) is 18.2 Å². The minimum absolute atomic E-state index is 0.00736. The summed E-state index contributed by atoms with van der Waals surface area (Å²) >= 11 is 1.52. The van der Waals surface area contributed by atoms with E-state index in [9.17, 15) is 9.59 Å². The van der Waals surface area contributed by atoms with E-state index in [0.29, 0.717) is 44.7 Å². The number of aromatic nitrogens is 1. The van der Waals surface area contributed by atoms with Crippen molar-refractivity contribution in [2.24, 2.45) is 0 Å². The lowest BCUT2D eigenvalue weighted by atomic mass is 9.98. The zero-order valence-electron chi connectivity index (χ0n) is 17.0. The molecule has 30 heavy (non-hydrogen) atoms. The van der Waals surface area contributed by atoms with Crippen LogP contribution in [0.3, 0.4) is 0 Å². The summed E-state index contributed by atoms with van der Waals surface area (Å²) in [5, 5.41) is 2.81. The molecule has 0 radical (unpaired) electrons. The molecule has 0 aromatic carbocycles. The number of hydrogen-bond acceptors (Lipinski definition) is 7. The number of likely N-dealkylation sites (tertiary alicyclic amines) is 2. The van der Waals surface area contributed by atoms with Crippen LogP contribution in [0.5, 0.6) is 0 Å². The molecule has 0 saturated carbocycles. The molecule has 2 amide bonds. The standard InChI is InChI=1S/C21H27N3O5S/c1-2-12-27-20(26)24-8-4-16(5-9-24)18-22-17(15-30-18)19(25)23-10-6-21(7-11-23)28-13-3-14-29-21/h1,15-16H,3-14H2. The molecule has 162 valence electrons. The summed E-state index contributed by atoms with van der Waals surface area (Å²) in [6.45, 7) is 3.88. The second-order valence-corrected chi connectivity index (χ2v) is 8.73. The molecule has 0 N–H and O–H groups in total. The van der Waals surface area contributed by atoms with Crippen LogP contribution < -0.4 is 0 Å². The third-order valence-corrected chi connectivity index (χ3v) is 6.96. The summed E-state index contributed by atoms with van der Waals surface area (Å²) in [5.74, 6) is 2.02. The van der Waals surface area contributed by atoms with Gasteiger partial charge >= 0.3 is 6.09 Å². The Morgan fingerprint density at radius 2 is 1.90 bits per heavy atom. The van der Waals surface area contributed by atoms with E-state index in [1.807, 2.05) is 10.3 Å². The molecule has 9 heteroatoms. The van der Waals surface area contributed by atoms with Crippen LogP contribution in [0.2, 0.25) is 0 Å². The first-order valence-corrected chi connectivity index (χ1v) is 11.4. The first-order chi connectivity index (χ1) is 14.6. The maximum Gasteiger partial charge on any atom is 0.410 e. The van der Waals surface area contributed by atoms with Crippen LogP contribution in [0.1, 0.15) is 53.5 Å². The van der Waals surface area contributed by atoms with Crippen molar-refractivity contribution in [1.82, 2.24) is 14.8 Å². The molecule has 0 atom stereocenters. The highest BCUT2D eigenvalue weighted by Crippen LogP contribution is 2.33. The lowest BCUT2D eigenvalue weighted by Crippen LogP contribution is -2.51. The van der Waals surface area contributed by atoms with Gasteiger partial charge in [-0.15, -0.1) is 17.8 Å². The van der Waals surface area contributed by atoms with Gasteiger partial charge in [-0.25, -0.2) is 9.78 Å². The number of piperidine rings is 2. The summed E-state index contributed by atoms with van der Waals surface area (Å²) in [6, 6.07) is 0. The van der Waals surface area contributed by atoms with E-state index < -0.39 is 5.79 Å². The maximum atomic E-state index is 12.9. The van der Waals surface area contributed by atoms with Crippen molar-refractivity contribution in [3.63, 3.8) is 0 Å². The molecule has 4 heterocycles. The zero-order valence-corrected chi connectivity index (χ0v) is 17.8. The molecule has 3 fully saturated rings. The van der Waals surface area contributed by atoms with Gasteiger partial charge in [0.1, 0.15) is 5.69 Å². The molecule has 0 bridgehead atoms. The van der Waals surface area contributed by atoms with E-state index >= 15 is 0 Å². The van der Waals surface area contributed by atoms with Crippen LogP contribution in [0.25, 0.3) is 0 Å². The Labute approximate surface area is 180 Å². The monoisotopic (exact) mass is 433 g/mol. The van der Waals surface area contributed by atoms with Gasteiger partial charge < -0.3 is 24.0 Å². The maximum absolute atomic E-state index is 12.9. The van der Waals surface area contributed by atoms with Gasteiger partial charge in [0, 0.05) is 50.3 Å². The second-order valence-electron chi connectivity index (χ2n) is 7.84. The number of hydrogen-bond donors (Lipinski definition) is 0. The van der Waals surface area contributed by atoms with Crippen molar-refractivity contribution < 1.29 is 23.8 Å². The summed E-state index contributed by atoms with van der Waals surface area (Å²) in [7, 11) is 0. The fourth-order valence-electron chi connectivity index (χ4n) is 4.20. The van der Waals surface area contributed by atoms with Gasteiger partial charge in [-0.2, -0.15) is 0 Å². The Bertz CT molecular complexity index is 796. The Morgan fingerprint density at radius 1 is 1.20 bits per heavy atom. The van der Waals surface area contributed by atoms with Crippen LogP contribution in [0.15, 0.2) is 5.38 Å². The molecule has 1 aromatic heterocycles. The fourth-order valence-corrected chi connectivity index (χ4v) is 5.16. The van der Waals surface area contributed by atoms with Crippen molar-refractivity contribution in [3.8, 4) is 12.3 Å². The summed E-state index contributed by atoms with van der Waals surface area (Å²) in [6.07, 6.45) is 8.68. The van der Waals surface area contributed by atoms with E-state index in [1.54, 1.807) is 4.90 Å². The highest BCUT2D eigenvalue weighted by molar-refractivity contribution is 7.09. The van der Waals surface area contributed by atoms with Crippen LogP contribution in [-0.4, -0.2) is 78.6 Å². The first kappa shape index (κ1) is 21.1. The molecule has 1 aromatic rings. The van der Waals surface area contributed by atoms with Crippen LogP contribution in [-0.2, 0) is 14.2 Å². The Hall–Kier alpha value is -2.15. The van der Waals surface area contributed by atoms with Gasteiger partial charge in [-0.3, -0.25) is 4.79 Å². The van der Waals surface area contributed by atoms with Gasteiger partial charge in [0.2, 0.25) is 0 Å². The molecular weight excluding hydrogens is 406 g/mol. The third-order valence-electron chi connectivity index (χ3n) is 5.95. The highest BCUT2D eigenvalue weighted by Gasteiger charge is 2.40. The van der Waals surface area contributed by atoms with Crippen molar-refractivity contribution in [3.05, 3.63) is 16.1 Å². The Morgan fingerprint density at radius 3 is 2.57 bits per heavy atom. The number of nitrogens with zero attached hydrogens (tertiary/aromatic N) is 3. The lowest BCUT2D eigenvalue weighted by Gasteiger charge is -2.43. The molecule has 3 saturated heterocycles. The van der Waals surface area contributed by atoms with E-state index in [4.69, 9.17) is 20.6 Å². The quantitative estimate of drug-likeness (QED) is 0.681. The van der Waals surface area contributed by atoms with E-state index in [2.05, 4.69) is 10.9 Å². The van der Waals surface area contributed by atoms with Crippen molar-refractivity contribution in [2.75, 3.05) is 46.0 Å². The van der Waals surface area contributed by atoms with Gasteiger partial charge in [-0.05, 0) is 19.3 Å². The fraction of sp³-hybridized carbons (Fsp3) is 0.667. The Kier molecular flexibility index (Phi) is 6.56.